The van der Waals surface area contributed by atoms with Crippen molar-refractivity contribution >= 4 is 23.5 Å². The maximum absolute atomic E-state index is 12.1. The molecule has 0 saturated carbocycles. The van der Waals surface area contributed by atoms with Gasteiger partial charge in [-0.15, -0.1) is 0 Å². The van der Waals surface area contributed by atoms with Crippen molar-refractivity contribution in [2.75, 3.05) is 18.5 Å². The lowest BCUT2D eigenvalue weighted by molar-refractivity contribution is -0.146. The van der Waals surface area contributed by atoms with Crippen molar-refractivity contribution in [3.63, 3.8) is 0 Å². The summed E-state index contributed by atoms with van der Waals surface area (Å²) in [5.41, 5.74) is 1.97. The van der Waals surface area contributed by atoms with Gasteiger partial charge in [-0.2, -0.15) is 0 Å². The zero-order chi connectivity index (χ0) is 22.1. The molecule has 3 rings (SSSR count). The van der Waals surface area contributed by atoms with Gasteiger partial charge in [0, 0.05) is 17.3 Å². The van der Waals surface area contributed by atoms with Crippen LogP contribution < -0.4 is 15.4 Å². The van der Waals surface area contributed by atoms with Gasteiger partial charge < -0.3 is 20.1 Å². The van der Waals surface area contributed by atoms with Crippen molar-refractivity contribution in [1.82, 2.24) is 5.32 Å². The first-order valence-electron chi connectivity index (χ1n) is 9.63. The summed E-state index contributed by atoms with van der Waals surface area (Å²) in [4.78, 5) is 35.9. The smallest absolute Gasteiger partial charge is 0.325 e. The van der Waals surface area contributed by atoms with Crippen LogP contribution in [0, 0.1) is 6.92 Å². The van der Waals surface area contributed by atoms with Crippen molar-refractivity contribution in [2.45, 2.75) is 6.92 Å². The lowest BCUT2D eigenvalue weighted by Gasteiger charge is -2.10. The largest absolute Gasteiger partial charge is 0.457 e. The maximum atomic E-state index is 12.1. The first kappa shape index (κ1) is 21.6. The third-order valence-electron chi connectivity index (χ3n) is 4.17. The number of carbonyl (C=O) groups excluding carboxylic acids is 3. The fraction of sp³-hybridized carbons (Fsp3) is 0.125. The molecule has 31 heavy (non-hydrogen) atoms. The molecule has 0 aliphatic carbocycles. The minimum absolute atomic E-state index is 0.333. The van der Waals surface area contributed by atoms with Gasteiger partial charge in [0.1, 0.15) is 18.0 Å². The van der Waals surface area contributed by atoms with E-state index in [9.17, 15) is 14.4 Å². The maximum Gasteiger partial charge on any atom is 0.325 e. The highest BCUT2D eigenvalue weighted by Gasteiger charge is 2.11. The van der Waals surface area contributed by atoms with E-state index in [1.165, 1.54) is 0 Å². The number of hydrogen-bond acceptors (Lipinski definition) is 5. The summed E-state index contributed by atoms with van der Waals surface area (Å²) in [6.45, 7) is 1.11. The molecule has 2 amide bonds. The number of aryl methyl sites for hydroxylation is 1. The van der Waals surface area contributed by atoms with E-state index in [0.717, 1.165) is 5.56 Å². The van der Waals surface area contributed by atoms with Crippen LogP contribution in [0.5, 0.6) is 11.5 Å². The molecule has 0 saturated heterocycles. The molecule has 7 heteroatoms. The van der Waals surface area contributed by atoms with E-state index < -0.39 is 24.4 Å². The van der Waals surface area contributed by atoms with Gasteiger partial charge in [-0.05, 0) is 43.3 Å². The summed E-state index contributed by atoms with van der Waals surface area (Å²) in [7, 11) is 0. The van der Waals surface area contributed by atoms with Gasteiger partial charge in [-0.25, -0.2) is 0 Å². The number of ether oxygens (including phenoxy) is 2. The molecule has 158 valence electrons. The van der Waals surface area contributed by atoms with Gasteiger partial charge in [-0.1, -0.05) is 42.0 Å². The SMILES string of the molecule is Cc1ccc(C(=O)NCC(=O)OCC(=O)Nc2cccc(Oc3ccccc3)c2)cc1. The first-order chi connectivity index (χ1) is 15.0. The van der Waals surface area contributed by atoms with Crippen molar-refractivity contribution in [2.24, 2.45) is 0 Å². The van der Waals surface area contributed by atoms with Gasteiger partial charge in [0.15, 0.2) is 6.61 Å². The number of benzene rings is 3. The second-order valence-electron chi connectivity index (χ2n) is 6.70. The summed E-state index contributed by atoms with van der Waals surface area (Å²) in [6, 6.07) is 23.0. The molecule has 0 bridgehead atoms. The van der Waals surface area contributed by atoms with Crippen molar-refractivity contribution in [3.05, 3.63) is 90.0 Å². The molecule has 7 nitrogen and oxygen atoms in total. The molecule has 0 fully saturated rings. The minimum atomic E-state index is -0.711. The fourth-order valence-corrected chi connectivity index (χ4v) is 2.62. The van der Waals surface area contributed by atoms with Gasteiger partial charge in [-0.3, -0.25) is 14.4 Å². The molecule has 0 unspecified atom stereocenters. The monoisotopic (exact) mass is 418 g/mol. The van der Waals surface area contributed by atoms with Gasteiger partial charge >= 0.3 is 5.97 Å². The molecule has 0 aliphatic rings. The van der Waals surface area contributed by atoms with Gasteiger partial charge in [0.05, 0.1) is 0 Å². The van der Waals surface area contributed by atoms with E-state index in [-0.39, 0.29) is 6.54 Å². The number of carbonyl (C=O) groups is 3. The van der Waals surface area contributed by atoms with E-state index in [0.29, 0.717) is 22.7 Å². The van der Waals surface area contributed by atoms with Crippen LogP contribution in [0.4, 0.5) is 5.69 Å². The Hall–Kier alpha value is -4.13. The zero-order valence-corrected chi connectivity index (χ0v) is 17.0. The topological polar surface area (TPSA) is 93.7 Å². The standard InChI is InChI=1S/C24H22N2O5/c1-17-10-12-18(13-11-17)24(29)25-15-23(28)30-16-22(27)26-19-6-5-9-21(14-19)31-20-7-3-2-4-8-20/h2-14H,15-16H2,1H3,(H,25,29)(H,26,27). The summed E-state index contributed by atoms with van der Waals surface area (Å²) in [5, 5.41) is 5.10. The number of nitrogens with one attached hydrogen (secondary N) is 2. The zero-order valence-electron chi connectivity index (χ0n) is 17.0. The lowest BCUT2D eigenvalue weighted by atomic mass is 10.1. The van der Waals surface area contributed by atoms with Crippen LogP contribution in [0.15, 0.2) is 78.9 Å². The van der Waals surface area contributed by atoms with Gasteiger partial charge in [0.2, 0.25) is 0 Å². The Labute approximate surface area is 180 Å². The van der Waals surface area contributed by atoms with E-state index in [1.54, 1.807) is 48.5 Å². The fourth-order valence-electron chi connectivity index (χ4n) is 2.62. The van der Waals surface area contributed by atoms with Crippen LogP contribution in [0.1, 0.15) is 15.9 Å². The van der Waals surface area contributed by atoms with Crippen molar-refractivity contribution in [3.8, 4) is 11.5 Å². The molecule has 0 aliphatic heterocycles. The molecule has 0 atom stereocenters. The molecule has 3 aromatic carbocycles. The molecular weight excluding hydrogens is 396 g/mol. The third-order valence-corrected chi connectivity index (χ3v) is 4.17. The Kier molecular flexibility index (Phi) is 7.37. The second-order valence-corrected chi connectivity index (χ2v) is 6.70. The number of rotatable bonds is 8. The summed E-state index contributed by atoms with van der Waals surface area (Å²) >= 11 is 0. The molecule has 0 aromatic heterocycles. The average Bonchev–Trinajstić information content (AvgIpc) is 2.77. The first-order valence-corrected chi connectivity index (χ1v) is 9.63. The summed E-state index contributed by atoms with van der Waals surface area (Å²) in [6.07, 6.45) is 0. The van der Waals surface area contributed by atoms with Crippen LogP contribution in [0.2, 0.25) is 0 Å². The highest BCUT2D eigenvalue weighted by molar-refractivity contribution is 5.96. The Bertz CT molecular complexity index is 1050. The number of para-hydroxylation sites is 1. The van der Waals surface area contributed by atoms with E-state index in [4.69, 9.17) is 9.47 Å². The Balaban J connectivity index is 1.42. The Morgan fingerprint density at radius 3 is 2.29 bits per heavy atom. The van der Waals surface area contributed by atoms with Crippen molar-refractivity contribution < 1.29 is 23.9 Å². The average molecular weight is 418 g/mol. The summed E-state index contributed by atoms with van der Waals surface area (Å²) in [5.74, 6) is -0.379. The molecule has 0 heterocycles. The van der Waals surface area contributed by atoms with E-state index >= 15 is 0 Å². The van der Waals surface area contributed by atoms with Crippen LogP contribution in [0.25, 0.3) is 0 Å². The van der Waals surface area contributed by atoms with Crippen LogP contribution in [-0.2, 0) is 14.3 Å². The second kappa shape index (κ2) is 10.6. The normalized spacial score (nSPS) is 10.1. The molecule has 0 radical (unpaired) electrons. The molecular formula is C24H22N2O5. The molecule has 0 spiro atoms. The Morgan fingerprint density at radius 2 is 1.55 bits per heavy atom. The number of esters is 1. The van der Waals surface area contributed by atoms with Crippen LogP contribution in [-0.4, -0.2) is 30.9 Å². The highest BCUT2D eigenvalue weighted by Crippen LogP contribution is 2.23. The quantitative estimate of drug-likeness (QED) is 0.544. The lowest BCUT2D eigenvalue weighted by Crippen LogP contribution is -2.32. The highest BCUT2D eigenvalue weighted by atomic mass is 16.5. The minimum Gasteiger partial charge on any atom is -0.457 e. The predicted octanol–water partition coefficient (Wildman–Crippen LogP) is 3.70. The van der Waals surface area contributed by atoms with E-state index in [2.05, 4.69) is 10.6 Å². The van der Waals surface area contributed by atoms with Crippen LogP contribution in [0.3, 0.4) is 0 Å². The van der Waals surface area contributed by atoms with Gasteiger partial charge in [0.25, 0.3) is 11.8 Å². The third kappa shape index (κ3) is 7.01. The van der Waals surface area contributed by atoms with E-state index in [1.807, 2.05) is 37.3 Å². The predicted molar refractivity (Wildman–Crippen MR) is 116 cm³/mol. The number of anilines is 1. The van der Waals surface area contributed by atoms with Crippen LogP contribution >= 0.6 is 0 Å². The molecule has 3 aromatic rings. The molecule has 2 N–H and O–H groups in total. The number of amides is 2. The summed E-state index contributed by atoms with van der Waals surface area (Å²) < 4.78 is 10.6. The number of hydrogen-bond donors (Lipinski definition) is 2. The Morgan fingerprint density at radius 1 is 0.839 bits per heavy atom. The van der Waals surface area contributed by atoms with Crippen molar-refractivity contribution in [1.29, 1.82) is 0 Å².